The number of H-pyrrole nitrogens is 1. The topological polar surface area (TPSA) is 87.1 Å². The maximum Gasteiger partial charge on any atom is 0.272 e. The van der Waals surface area contributed by atoms with Gasteiger partial charge in [0, 0.05) is 43.4 Å². The third-order valence-electron chi connectivity index (χ3n) is 7.17. The molecule has 182 valence electrons. The first kappa shape index (κ1) is 22.3. The molecule has 1 fully saturated rings. The number of benzene rings is 2. The lowest BCUT2D eigenvalue weighted by Crippen LogP contribution is -2.36. The highest BCUT2D eigenvalue weighted by Gasteiger charge is 2.29. The molecule has 0 spiro atoms. The van der Waals surface area contributed by atoms with E-state index in [1.807, 2.05) is 48.2 Å². The normalized spacial score (nSPS) is 15.2. The molecule has 2 aromatic carbocycles. The predicted octanol–water partition coefficient (Wildman–Crippen LogP) is 3.38. The number of aromatic amines is 1. The number of aromatic nitrogens is 4. The third kappa shape index (κ3) is 3.98. The van der Waals surface area contributed by atoms with Crippen LogP contribution in [0.2, 0.25) is 0 Å². The third-order valence-corrected chi connectivity index (χ3v) is 7.17. The molecule has 0 atom stereocenters. The number of hydrogen-bond donors (Lipinski definition) is 1. The van der Waals surface area contributed by atoms with Crippen molar-refractivity contribution in [2.24, 2.45) is 0 Å². The molecule has 2 aliphatic rings. The van der Waals surface area contributed by atoms with Crippen LogP contribution in [-0.4, -0.2) is 57.0 Å². The first-order chi connectivity index (χ1) is 17.6. The van der Waals surface area contributed by atoms with Gasteiger partial charge in [-0.25, -0.2) is 0 Å². The Morgan fingerprint density at radius 1 is 0.917 bits per heavy atom. The smallest absolute Gasteiger partial charge is 0.272 e. The van der Waals surface area contributed by atoms with Crippen LogP contribution in [0.4, 0.5) is 5.82 Å². The molecule has 0 bridgehead atoms. The minimum absolute atomic E-state index is 0.00238. The molecule has 3 heterocycles. The number of nitrogens with zero attached hydrogens (tertiary/aromatic N) is 5. The van der Waals surface area contributed by atoms with Crippen LogP contribution < -0.4 is 10.5 Å². The summed E-state index contributed by atoms with van der Waals surface area (Å²) < 4.78 is 1.44. The van der Waals surface area contributed by atoms with E-state index in [-0.39, 0.29) is 11.5 Å². The van der Waals surface area contributed by atoms with Crippen molar-refractivity contribution >= 4 is 11.7 Å². The first-order valence-electron chi connectivity index (χ1n) is 12.5. The summed E-state index contributed by atoms with van der Waals surface area (Å²) in [6.45, 7) is 4.66. The van der Waals surface area contributed by atoms with E-state index in [0.717, 1.165) is 59.7 Å². The molecule has 0 radical (unpaired) electrons. The minimum atomic E-state index is -0.167. The molecule has 0 unspecified atom stereocenters. The van der Waals surface area contributed by atoms with Crippen LogP contribution in [0.25, 0.3) is 16.9 Å². The maximum atomic E-state index is 13.5. The molecule has 6 rings (SSSR count). The zero-order chi connectivity index (χ0) is 24.6. The maximum absolute atomic E-state index is 13.5. The van der Waals surface area contributed by atoms with E-state index >= 15 is 0 Å². The van der Waals surface area contributed by atoms with Crippen molar-refractivity contribution in [3.8, 4) is 16.9 Å². The Kier molecular flexibility index (Phi) is 5.64. The second-order valence-corrected chi connectivity index (χ2v) is 9.49. The molecule has 1 N–H and O–H groups in total. The van der Waals surface area contributed by atoms with Crippen molar-refractivity contribution in [1.29, 1.82) is 0 Å². The number of carbonyl (C=O) groups is 1. The van der Waals surface area contributed by atoms with Crippen molar-refractivity contribution < 1.29 is 4.79 Å². The average molecular weight is 481 g/mol. The van der Waals surface area contributed by atoms with E-state index in [1.54, 1.807) is 12.1 Å². The number of rotatable bonds is 3. The van der Waals surface area contributed by atoms with Crippen LogP contribution in [0.5, 0.6) is 0 Å². The summed E-state index contributed by atoms with van der Waals surface area (Å²) in [7, 11) is 0. The Hall–Kier alpha value is -4.20. The SMILES string of the molecule is Cc1ccc(-n2nc(N3CCCN(C(=O)c4[nH]nc5c4CCc4ccccc4-5)CC3)ccc2=O)cc1. The van der Waals surface area contributed by atoms with Crippen molar-refractivity contribution in [3.63, 3.8) is 0 Å². The molecule has 1 aliphatic heterocycles. The Morgan fingerprint density at radius 2 is 1.75 bits per heavy atom. The van der Waals surface area contributed by atoms with E-state index in [0.29, 0.717) is 25.3 Å². The quantitative estimate of drug-likeness (QED) is 0.486. The van der Waals surface area contributed by atoms with Gasteiger partial charge >= 0.3 is 0 Å². The van der Waals surface area contributed by atoms with Gasteiger partial charge in [0.25, 0.3) is 11.5 Å². The summed E-state index contributed by atoms with van der Waals surface area (Å²) in [5.74, 6) is 0.738. The van der Waals surface area contributed by atoms with E-state index < -0.39 is 0 Å². The molecule has 2 aromatic heterocycles. The van der Waals surface area contributed by atoms with Crippen LogP contribution in [0.1, 0.15) is 33.6 Å². The number of anilines is 1. The predicted molar refractivity (Wildman–Crippen MR) is 139 cm³/mol. The van der Waals surface area contributed by atoms with Gasteiger partial charge in [0.2, 0.25) is 0 Å². The summed E-state index contributed by atoms with van der Waals surface area (Å²) in [5, 5.41) is 12.2. The van der Waals surface area contributed by atoms with E-state index in [2.05, 4.69) is 32.3 Å². The molecule has 1 aliphatic carbocycles. The molecule has 8 heteroatoms. The number of fused-ring (bicyclic) bond motifs is 3. The van der Waals surface area contributed by atoms with Crippen molar-refractivity contribution in [1.82, 2.24) is 24.9 Å². The van der Waals surface area contributed by atoms with Gasteiger partial charge in [0.15, 0.2) is 0 Å². The molecule has 1 saturated heterocycles. The zero-order valence-electron chi connectivity index (χ0n) is 20.3. The number of carbonyl (C=O) groups excluding carboxylic acids is 1. The van der Waals surface area contributed by atoms with Gasteiger partial charge in [-0.2, -0.15) is 9.78 Å². The molecular weight excluding hydrogens is 452 g/mol. The lowest BCUT2D eigenvalue weighted by molar-refractivity contribution is 0.0760. The van der Waals surface area contributed by atoms with Gasteiger partial charge in [0.1, 0.15) is 11.5 Å². The van der Waals surface area contributed by atoms with Crippen molar-refractivity contribution in [2.75, 3.05) is 31.1 Å². The van der Waals surface area contributed by atoms with Gasteiger partial charge in [-0.05, 0) is 49.9 Å². The fourth-order valence-corrected chi connectivity index (χ4v) is 5.19. The van der Waals surface area contributed by atoms with Crippen molar-refractivity contribution in [3.05, 3.63) is 93.4 Å². The van der Waals surface area contributed by atoms with Crippen LogP contribution in [-0.2, 0) is 12.8 Å². The number of nitrogens with one attached hydrogen (secondary N) is 1. The van der Waals surface area contributed by atoms with Crippen molar-refractivity contribution in [2.45, 2.75) is 26.2 Å². The fraction of sp³-hybridized carbons (Fsp3) is 0.286. The van der Waals surface area contributed by atoms with Gasteiger partial charge < -0.3 is 9.80 Å². The highest BCUT2D eigenvalue weighted by molar-refractivity contribution is 5.96. The minimum Gasteiger partial charge on any atom is -0.353 e. The number of amides is 1. The van der Waals surface area contributed by atoms with Gasteiger partial charge in [-0.15, -0.1) is 5.10 Å². The number of aryl methyl sites for hydroxylation is 2. The fourth-order valence-electron chi connectivity index (χ4n) is 5.19. The van der Waals surface area contributed by atoms with Crippen LogP contribution in [0.15, 0.2) is 65.5 Å². The summed E-state index contributed by atoms with van der Waals surface area (Å²) in [6, 6.07) is 19.4. The van der Waals surface area contributed by atoms with Crippen LogP contribution in [0.3, 0.4) is 0 Å². The standard InChI is InChI=1S/C28H28N6O2/c1-19-7-10-21(11-8-19)34-25(35)14-13-24(31-34)32-15-4-16-33(18-17-32)28(36)27-23-12-9-20-5-2-3-6-22(20)26(23)29-30-27/h2-3,5-8,10-11,13-14H,4,9,12,15-18H2,1H3,(H,29,30). The lowest BCUT2D eigenvalue weighted by Gasteiger charge is -2.23. The second-order valence-electron chi connectivity index (χ2n) is 9.49. The Morgan fingerprint density at radius 3 is 2.61 bits per heavy atom. The van der Waals surface area contributed by atoms with Gasteiger partial charge in [0.05, 0.1) is 11.4 Å². The highest BCUT2D eigenvalue weighted by Crippen LogP contribution is 2.33. The summed E-state index contributed by atoms with van der Waals surface area (Å²) in [5.41, 5.74) is 6.63. The second kappa shape index (κ2) is 9.11. The lowest BCUT2D eigenvalue weighted by atomic mass is 9.89. The molecule has 4 aromatic rings. The average Bonchev–Trinajstić information content (AvgIpc) is 3.19. The van der Waals surface area contributed by atoms with Crippen LogP contribution >= 0.6 is 0 Å². The summed E-state index contributed by atoms with van der Waals surface area (Å²) in [6.07, 6.45) is 2.55. The Bertz CT molecular complexity index is 1490. The first-order valence-corrected chi connectivity index (χ1v) is 12.5. The molecule has 1 amide bonds. The van der Waals surface area contributed by atoms with E-state index in [1.165, 1.54) is 10.2 Å². The van der Waals surface area contributed by atoms with E-state index in [4.69, 9.17) is 0 Å². The zero-order valence-corrected chi connectivity index (χ0v) is 20.3. The molecule has 8 nitrogen and oxygen atoms in total. The summed E-state index contributed by atoms with van der Waals surface area (Å²) in [4.78, 5) is 30.1. The largest absolute Gasteiger partial charge is 0.353 e. The van der Waals surface area contributed by atoms with Gasteiger partial charge in [-0.1, -0.05) is 42.0 Å². The number of hydrogen-bond acceptors (Lipinski definition) is 5. The van der Waals surface area contributed by atoms with Crippen LogP contribution in [0, 0.1) is 6.92 Å². The molecular formula is C28H28N6O2. The highest BCUT2D eigenvalue weighted by atomic mass is 16.2. The molecule has 36 heavy (non-hydrogen) atoms. The van der Waals surface area contributed by atoms with E-state index in [9.17, 15) is 9.59 Å². The summed E-state index contributed by atoms with van der Waals surface area (Å²) >= 11 is 0. The monoisotopic (exact) mass is 480 g/mol. The van der Waals surface area contributed by atoms with Gasteiger partial charge in [-0.3, -0.25) is 14.7 Å². The Balaban J connectivity index is 1.21. The molecule has 0 saturated carbocycles. The Labute approximate surface area is 209 Å².